The molecule has 4 nitrogen and oxygen atoms in total. The van der Waals surface area contributed by atoms with Crippen LogP contribution in [0.5, 0.6) is 0 Å². The zero-order valence-electron chi connectivity index (χ0n) is 11.4. The van der Waals surface area contributed by atoms with Crippen molar-refractivity contribution >= 4 is 17.0 Å². The van der Waals surface area contributed by atoms with Gasteiger partial charge in [0.05, 0.1) is 16.3 Å². The van der Waals surface area contributed by atoms with E-state index in [-0.39, 0.29) is 0 Å². The fourth-order valence-electron chi connectivity index (χ4n) is 2.02. The highest BCUT2D eigenvalue weighted by atomic mass is 32.1. The molecule has 3 aromatic rings. The molecule has 2 aromatic heterocycles. The first-order valence-corrected chi connectivity index (χ1v) is 7.27. The Morgan fingerprint density at radius 1 is 1.05 bits per heavy atom. The van der Waals surface area contributed by atoms with Gasteiger partial charge in [-0.2, -0.15) is 0 Å². The lowest BCUT2D eigenvalue weighted by atomic mass is 10.1. The van der Waals surface area contributed by atoms with E-state index in [4.69, 9.17) is 10.2 Å². The van der Waals surface area contributed by atoms with E-state index < -0.39 is 0 Å². The molecule has 1 N–H and O–H groups in total. The molecule has 2 heterocycles. The van der Waals surface area contributed by atoms with Gasteiger partial charge in [0.15, 0.2) is 0 Å². The van der Waals surface area contributed by atoms with E-state index in [0.29, 0.717) is 5.71 Å². The van der Waals surface area contributed by atoms with Crippen molar-refractivity contribution in [1.29, 1.82) is 0 Å². The summed E-state index contributed by atoms with van der Waals surface area (Å²) in [4.78, 5) is 9.61. The molecule has 0 unspecified atom stereocenters. The second-order valence-corrected chi connectivity index (χ2v) is 5.48. The summed E-state index contributed by atoms with van der Waals surface area (Å²) in [6, 6.07) is 13.7. The molecular formula is C16H13N3OS. The van der Waals surface area contributed by atoms with Crippen molar-refractivity contribution in [2.45, 2.75) is 6.92 Å². The fraction of sp³-hybridized carbons (Fsp3) is 0.0625. The van der Waals surface area contributed by atoms with Crippen LogP contribution in [-0.2, 0) is 0 Å². The maximum Gasteiger partial charge on any atom is 0.124 e. The lowest BCUT2D eigenvalue weighted by molar-refractivity contribution is 0.319. The number of pyridine rings is 1. The number of hydrogen-bond acceptors (Lipinski definition) is 5. The van der Waals surface area contributed by atoms with Gasteiger partial charge < -0.3 is 5.21 Å². The van der Waals surface area contributed by atoms with Crippen LogP contribution < -0.4 is 0 Å². The Hall–Kier alpha value is -2.53. The van der Waals surface area contributed by atoms with Crippen molar-refractivity contribution in [2.75, 3.05) is 0 Å². The van der Waals surface area contributed by atoms with Crippen LogP contribution >= 0.6 is 11.3 Å². The van der Waals surface area contributed by atoms with Crippen molar-refractivity contribution < 1.29 is 5.21 Å². The SMILES string of the molecule is C/C(=N\O)c1sc(-c2ccncc2)nc1-c1ccccc1. The van der Waals surface area contributed by atoms with Crippen LogP contribution in [0.15, 0.2) is 60.0 Å². The molecule has 0 aliphatic rings. The zero-order valence-corrected chi connectivity index (χ0v) is 12.2. The lowest BCUT2D eigenvalue weighted by Crippen LogP contribution is -1.93. The number of nitrogens with zero attached hydrogens (tertiary/aromatic N) is 3. The van der Waals surface area contributed by atoms with Crippen LogP contribution in [0, 0.1) is 0 Å². The van der Waals surface area contributed by atoms with Gasteiger partial charge in [0.25, 0.3) is 0 Å². The van der Waals surface area contributed by atoms with E-state index in [1.807, 2.05) is 42.5 Å². The van der Waals surface area contributed by atoms with Crippen LogP contribution in [0.1, 0.15) is 11.8 Å². The summed E-state index contributed by atoms with van der Waals surface area (Å²) >= 11 is 1.51. The first-order chi connectivity index (χ1) is 10.3. The van der Waals surface area contributed by atoms with E-state index >= 15 is 0 Å². The number of benzene rings is 1. The molecule has 0 saturated heterocycles. The summed E-state index contributed by atoms with van der Waals surface area (Å²) in [5, 5.41) is 13.3. The Morgan fingerprint density at radius 2 is 1.76 bits per heavy atom. The van der Waals surface area contributed by atoms with Crippen molar-refractivity contribution in [1.82, 2.24) is 9.97 Å². The Morgan fingerprint density at radius 3 is 2.43 bits per heavy atom. The first-order valence-electron chi connectivity index (χ1n) is 6.45. The average Bonchev–Trinajstić information content (AvgIpc) is 3.01. The molecule has 0 spiro atoms. The molecule has 0 atom stereocenters. The molecule has 0 aliphatic carbocycles. The second kappa shape index (κ2) is 5.85. The Labute approximate surface area is 126 Å². The van der Waals surface area contributed by atoms with Gasteiger partial charge in [-0.15, -0.1) is 11.3 Å². The lowest BCUT2D eigenvalue weighted by Gasteiger charge is -2.00. The minimum atomic E-state index is 0.562. The number of aromatic nitrogens is 2. The summed E-state index contributed by atoms with van der Waals surface area (Å²) in [5.41, 5.74) is 3.41. The largest absolute Gasteiger partial charge is 0.411 e. The molecule has 104 valence electrons. The third-order valence-corrected chi connectivity index (χ3v) is 4.29. The van der Waals surface area contributed by atoms with Gasteiger partial charge in [-0.3, -0.25) is 4.98 Å². The molecule has 0 bridgehead atoms. The van der Waals surface area contributed by atoms with E-state index in [2.05, 4.69) is 10.1 Å². The molecule has 21 heavy (non-hydrogen) atoms. The third-order valence-electron chi connectivity index (χ3n) is 3.08. The molecule has 1 aromatic carbocycles. The van der Waals surface area contributed by atoms with Gasteiger partial charge in [-0.05, 0) is 19.1 Å². The van der Waals surface area contributed by atoms with Gasteiger partial charge in [0, 0.05) is 23.5 Å². The quantitative estimate of drug-likeness (QED) is 0.450. The van der Waals surface area contributed by atoms with E-state index in [1.165, 1.54) is 11.3 Å². The Kier molecular flexibility index (Phi) is 3.75. The van der Waals surface area contributed by atoms with Gasteiger partial charge in [-0.25, -0.2) is 4.98 Å². The molecule has 0 saturated carbocycles. The highest BCUT2D eigenvalue weighted by Gasteiger charge is 2.16. The molecular weight excluding hydrogens is 282 g/mol. The summed E-state index contributed by atoms with van der Waals surface area (Å²) in [6.07, 6.45) is 3.48. The predicted molar refractivity (Wildman–Crippen MR) is 84.8 cm³/mol. The van der Waals surface area contributed by atoms with E-state index in [9.17, 15) is 0 Å². The summed E-state index contributed by atoms with van der Waals surface area (Å²) in [5.74, 6) is 0. The van der Waals surface area contributed by atoms with E-state index in [1.54, 1.807) is 19.3 Å². The van der Waals surface area contributed by atoms with Gasteiger partial charge in [0.2, 0.25) is 0 Å². The monoisotopic (exact) mass is 295 g/mol. The zero-order chi connectivity index (χ0) is 14.7. The van der Waals surface area contributed by atoms with Gasteiger partial charge in [0.1, 0.15) is 5.01 Å². The van der Waals surface area contributed by atoms with Crippen LogP contribution in [0.4, 0.5) is 0 Å². The molecule has 5 heteroatoms. The van der Waals surface area contributed by atoms with Crippen molar-refractivity contribution in [2.24, 2.45) is 5.16 Å². The maximum atomic E-state index is 9.10. The van der Waals surface area contributed by atoms with Crippen molar-refractivity contribution in [3.63, 3.8) is 0 Å². The average molecular weight is 295 g/mol. The second-order valence-electron chi connectivity index (χ2n) is 4.48. The predicted octanol–water partition coefficient (Wildman–Crippen LogP) is 4.07. The van der Waals surface area contributed by atoms with Crippen molar-refractivity contribution in [3.8, 4) is 21.8 Å². The summed E-state index contributed by atoms with van der Waals surface area (Å²) in [7, 11) is 0. The fourth-order valence-corrected chi connectivity index (χ4v) is 3.05. The smallest absolute Gasteiger partial charge is 0.124 e. The van der Waals surface area contributed by atoms with Crippen LogP contribution in [-0.4, -0.2) is 20.9 Å². The van der Waals surface area contributed by atoms with E-state index in [0.717, 1.165) is 26.7 Å². The number of oxime groups is 1. The Bertz CT molecular complexity index is 767. The van der Waals surface area contributed by atoms with Gasteiger partial charge >= 0.3 is 0 Å². The molecule has 0 aliphatic heterocycles. The molecule has 0 radical (unpaired) electrons. The number of hydrogen-bond donors (Lipinski definition) is 1. The molecule has 3 rings (SSSR count). The minimum absolute atomic E-state index is 0.562. The van der Waals surface area contributed by atoms with Crippen LogP contribution in [0.3, 0.4) is 0 Å². The summed E-state index contributed by atoms with van der Waals surface area (Å²) in [6.45, 7) is 1.77. The molecule has 0 amide bonds. The normalized spacial score (nSPS) is 11.6. The number of rotatable bonds is 3. The maximum absolute atomic E-state index is 9.10. The van der Waals surface area contributed by atoms with Gasteiger partial charge in [-0.1, -0.05) is 35.5 Å². The highest BCUT2D eigenvalue weighted by Crippen LogP contribution is 2.34. The first kappa shape index (κ1) is 13.5. The number of thiazole rings is 1. The standard InChI is InChI=1S/C16H13N3OS/c1-11(19-20)15-14(12-5-3-2-4-6-12)18-16(21-15)13-7-9-17-10-8-13/h2-10,20H,1H3/b19-11+. The Balaban J connectivity index is 2.17. The van der Waals surface area contributed by atoms with Crippen molar-refractivity contribution in [3.05, 3.63) is 59.7 Å². The molecule has 0 fully saturated rings. The summed E-state index contributed by atoms with van der Waals surface area (Å²) < 4.78 is 0. The van der Waals surface area contributed by atoms with Crippen LogP contribution in [0.25, 0.3) is 21.8 Å². The van der Waals surface area contributed by atoms with Crippen LogP contribution in [0.2, 0.25) is 0 Å². The highest BCUT2D eigenvalue weighted by molar-refractivity contribution is 7.17. The minimum Gasteiger partial charge on any atom is -0.411 e. The topological polar surface area (TPSA) is 58.4 Å². The third kappa shape index (κ3) is 2.68.